The number of aliphatic hydroxyl groups excluding tert-OH is 2. The number of aldehydes is 1. The molecule has 6 N–H and O–H groups in total. The minimum absolute atomic E-state index is 0.00384. The predicted molar refractivity (Wildman–Crippen MR) is 165 cm³/mol. The average Bonchev–Trinajstić information content (AvgIpc) is 2.93. The van der Waals surface area contributed by atoms with Crippen molar-refractivity contribution in [3.63, 3.8) is 0 Å². The van der Waals surface area contributed by atoms with Gasteiger partial charge in [0.15, 0.2) is 5.11 Å². The van der Waals surface area contributed by atoms with E-state index in [1.807, 2.05) is 12.1 Å². The van der Waals surface area contributed by atoms with E-state index >= 15 is 0 Å². The van der Waals surface area contributed by atoms with Crippen molar-refractivity contribution < 1.29 is 34.1 Å². The molecule has 230 valence electrons. The first kappa shape index (κ1) is 34.9. The molecule has 0 bridgehead atoms. The van der Waals surface area contributed by atoms with Crippen LogP contribution in [0.15, 0.2) is 48.5 Å². The molecule has 0 radical (unpaired) electrons. The number of anilines is 2. The lowest BCUT2D eigenvalue weighted by Crippen LogP contribution is -2.38. The SMILES string of the molecule is CC(NC(O)CCCC(O)C=O)OCCOCC(=O)Nc1ccc(NC(=S)NC(=O)c2ccc(C(C)(C)C)cc2)cc1. The zero-order valence-electron chi connectivity index (χ0n) is 24.5. The van der Waals surface area contributed by atoms with Crippen molar-refractivity contribution in [1.82, 2.24) is 10.6 Å². The van der Waals surface area contributed by atoms with E-state index in [1.54, 1.807) is 43.3 Å². The molecule has 2 amide bonds. The van der Waals surface area contributed by atoms with Gasteiger partial charge < -0.3 is 35.1 Å². The van der Waals surface area contributed by atoms with Gasteiger partial charge >= 0.3 is 0 Å². The first-order valence-electron chi connectivity index (χ1n) is 13.8. The number of nitrogens with one attached hydrogen (secondary N) is 4. The Bertz CT molecular complexity index is 1150. The van der Waals surface area contributed by atoms with E-state index in [1.165, 1.54) is 0 Å². The number of benzene rings is 2. The maximum absolute atomic E-state index is 12.5. The van der Waals surface area contributed by atoms with Crippen LogP contribution in [-0.4, -0.2) is 71.8 Å². The molecule has 3 atom stereocenters. The lowest BCUT2D eigenvalue weighted by molar-refractivity contribution is -0.121. The molecule has 0 saturated carbocycles. The van der Waals surface area contributed by atoms with E-state index in [9.17, 15) is 24.6 Å². The number of hydrogen-bond acceptors (Lipinski definition) is 9. The molecule has 0 aliphatic rings. The standard InChI is InChI=1S/C30H42N4O7S/c1-20(31-26(37)7-5-6-25(36)18-35)41-17-16-40-19-27(38)32-23-12-14-24(15-13-23)33-29(42)34-28(39)21-8-10-22(11-9-21)30(2,3)4/h8-15,18,20,25-26,31,36-37H,5-7,16-17,19H2,1-4H3,(H,32,38)(H2,33,34,39,42). The fourth-order valence-electron chi connectivity index (χ4n) is 3.73. The maximum Gasteiger partial charge on any atom is 0.257 e. The van der Waals surface area contributed by atoms with Crippen LogP contribution in [0, 0.1) is 0 Å². The van der Waals surface area contributed by atoms with E-state index in [-0.39, 0.29) is 48.6 Å². The summed E-state index contributed by atoms with van der Waals surface area (Å²) >= 11 is 5.26. The minimum Gasteiger partial charge on any atom is -0.386 e. The Balaban J connectivity index is 1.63. The fourth-order valence-corrected chi connectivity index (χ4v) is 3.94. The minimum atomic E-state index is -1.01. The highest BCUT2D eigenvalue weighted by Crippen LogP contribution is 2.22. The monoisotopic (exact) mass is 602 g/mol. The topological polar surface area (TPSA) is 158 Å². The summed E-state index contributed by atoms with van der Waals surface area (Å²) in [4.78, 5) is 35.1. The van der Waals surface area contributed by atoms with Gasteiger partial charge in [-0.3, -0.25) is 20.2 Å². The van der Waals surface area contributed by atoms with Crippen LogP contribution in [0.4, 0.5) is 11.4 Å². The number of amides is 2. The molecule has 2 aromatic rings. The van der Waals surface area contributed by atoms with Crippen molar-refractivity contribution in [2.24, 2.45) is 0 Å². The summed E-state index contributed by atoms with van der Waals surface area (Å²) < 4.78 is 10.8. The summed E-state index contributed by atoms with van der Waals surface area (Å²) in [6.07, 6.45) is -0.699. The molecule has 2 rings (SSSR count). The molecule has 3 unspecified atom stereocenters. The molecule has 0 fully saturated rings. The molecule has 11 nitrogen and oxygen atoms in total. The third-order valence-electron chi connectivity index (χ3n) is 6.06. The smallest absolute Gasteiger partial charge is 0.257 e. The van der Waals surface area contributed by atoms with E-state index in [4.69, 9.17) is 21.7 Å². The molecule has 0 aliphatic carbocycles. The van der Waals surface area contributed by atoms with Crippen molar-refractivity contribution in [2.75, 3.05) is 30.5 Å². The van der Waals surface area contributed by atoms with Gasteiger partial charge in [-0.05, 0) is 85.8 Å². The van der Waals surface area contributed by atoms with Crippen LogP contribution in [0.5, 0.6) is 0 Å². The molecule has 0 heterocycles. The number of thiocarbonyl (C=S) groups is 1. The number of hydrogen-bond donors (Lipinski definition) is 6. The van der Waals surface area contributed by atoms with Gasteiger partial charge in [0.25, 0.3) is 5.91 Å². The lowest BCUT2D eigenvalue weighted by atomic mass is 9.87. The Labute approximate surface area is 252 Å². The summed E-state index contributed by atoms with van der Waals surface area (Å²) in [5.74, 6) is -0.649. The van der Waals surface area contributed by atoms with Crippen LogP contribution in [0.2, 0.25) is 0 Å². The molecular formula is C30H42N4O7S. The number of carbonyl (C=O) groups is 3. The van der Waals surface area contributed by atoms with Gasteiger partial charge in [-0.15, -0.1) is 0 Å². The first-order valence-corrected chi connectivity index (χ1v) is 14.2. The van der Waals surface area contributed by atoms with Crippen molar-refractivity contribution in [2.45, 2.75) is 70.9 Å². The third kappa shape index (κ3) is 13.6. The average molecular weight is 603 g/mol. The number of rotatable bonds is 16. The number of carbonyl (C=O) groups excluding carboxylic acids is 3. The van der Waals surface area contributed by atoms with Crippen LogP contribution in [0.25, 0.3) is 0 Å². The summed E-state index contributed by atoms with van der Waals surface area (Å²) in [6.45, 7) is 8.26. The van der Waals surface area contributed by atoms with Gasteiger partial charge in [0, 0.05) is 16.9 Å². The van der Waals surface area contributed by atoms with Gasteiger partial charge in [0.1, 0.15) is 31.5 Å². The van der Waals surface area contributed by atoms with E-state index in [2.05, 4.69) is 42.0 Å². The van der Waals surface area contributed by atoms with Crippen LogP contribution in [0.1, 0.15) is 62.9 Å². The maximum atomic E-state index is 12.5. The first-order chi connectivity index (χ1) is 19.9. The highest BCUT2D eigenvalue weighted by molar-refractivity contribution is 7.80. The van der Waals surface area contributed by atoms with Crippen LogP contribution >= 0.6 is 12.2 Å². The van der Waals surface area contributed by atoms with Crippen molar-refractivity contribution in [3.05, 3.63) is 59.7 Å². The van der Waals surface area contributed by atoms with Gasteiger partial charge in [0.05, 0.1) is 13.2 Å². The molecule has 0 spiro atoms. The number of aliphatic hydroxyl groups is 2. The quantitative estimate of drug-likeness (QED) is 0.0730. The van der Waals surface area contributed by atoms with Crippen molar-refractivity contribution >= 4 is 46.8 Å². The fraction of sp³-hybridized carbons (Fsp3) is 0.467. The van der Waals surface area contributed by atoms with Crippen LogP contribution in [-0.2, 0) is 24.5 Å². The van der Waals surface area contributed by atoms with Crippen molar-refractivity contribution in [3.8, 4) is 0 Å². The van der Waals surface area contributed by atoms with E-state index in [0.29, 0.717) is 36.1 Å². The zero-order chi connectivity index (χ0) is 31.1. The van der Waals surface area contributed by atoms with Gasteiger partial charge in [0.2, 0.25) is 5.91 Å². The Kier molecular flexibility index (Phi) is 14.7. The molecule has 12 heteroatoms. The summed E-state index contributed by atoms with van der Waals surface area (Å²) in [7, 11) is 0. The van der Waals surface area contributed by atoms with E-state index in [0.717, 1.165) is 5.56 Å². The normalized spacial score (nSPS) is 13.5. The Morgan fingerprint density at radius 1 is 0.952 bits per heavy atom. The largest absolute Gasteiger partial charge is 0.386 e. The summed E-state index contributed by atoms with van der Waals surface area (Å²) in [5, 5.41) is 30.4. The van der Waals surface area contributed by atoms with Crippen LogP contribution in [0.3, 0.4) is 0 Å². The van der Waals surface area contributed by atoms with Gasteiger partial charge in [-0.25, -0.2) is 0 Å². The van der Waals surface area contributed by atoms with Gasteiger partial charge in [-0.2, -0.15) is 0 Å². The Morgan fingerprint density at radius 2 is 1.57 bits per heavy atom. The molecule has 42 heavy (non-hydrogen) atoms. The highest BCUT2D eigenvalue weighted by atomic mass is 32.1. The third-order valence-corrected chi connectivity index (χ3v) is 6.26. The highest BCUT2D eigenvalue weighted by Gasteiger charge is 2.15. The van der Waals surface area contributed by atoms with E-state index < -0.39 is 18.6 Å². The molecular weight excluding hydrogens is 560 g/mol. The summed E-state index contributed by atoms with van der Waals surface area (Å²) in [5.41, 5.74) is 2.83. The van der Waals surface area contributed by atoms with Crippen molar-refractivity contribution in [1.29, 1.82) is 0 Å². The molecule has 2 aromatic carbocycles. The molecule has 0 saturated heterocycles. The second-order valence-corrected chi connectivity index (χ2v) is 11.2. The molecule has 0 aromatic heterocycles. The van der Waals surface area contributed by atoms with Gasteiger partial charge in [-0.1, -0.05) is 32.9 Å². The second kappa shape index (κ2) is 17.6. The second-order valence-electron chi connectivity index (χ2n) is 10.7. The number of ether oxygens (including phenoxy) is 2. The zero-order valence-corrected chi connectivity index (χ0v) is 25.3. The van der Waals surface area contributed by atoms with Crippen LogP contribution < -0.4 is 21.3 Å². The Hall–Kier alpha value is -3.26. The Morgan fingerprint density at radius 3 is 2.17 bits per heavy atom. The molecule has 0 aliphatic heterocycles. The lowest BCUT2D eigenvalue weighted by Gasteiger charge is -2.19. The summed E-state index contributed by atoms with van der Waals surface area (Å²) in [6, 6.07) is 14.2. The predicted octanol–water partition coefficient (Wildman–Crippen LogP) is 3.07.